The molecule has 0 atom stereocenters. The van der Waals surface area contributed by atoms with Crippen molar-refractivity contribution in [3.8, 4) is 11.5 Å². The maximum atomic E-state index is 9.66. The maximum absolute atomic E-state index is 9.66. The number of ether oxygens (including phenoxy) is 1. The van der Waals surface area contributed by atoms with Crippen molar-refractivity contribution in [3.05, 3.63) is 22.2 Å². The third-order valence-corrected chi connectivity index (χ3v) is 2.56. The molecule has 3 N–H and O–H groups in total. The molecule has 0 bridgehead atoms. The Bertz CT molecular complexity index is 302. The van der Waals surface area contributed by atoms with Gasteiger partial charge in [0.2, 0.25) is 0 Å². The van der Waals surface area contributed by atoms with Crippen molar-refractivity contribution < 1.29 is 9.84 Å². The molecular formula is C9H12BrNO2. The van der Waals surface area contributed by atoms with Crippen LogP contribution in [0.1, 0.15) is 5.56 Å². The van der Waals surface area contributed by atoms with Gasteiger partial charge in [0.25, 0.3) is 0 Å². The van der Waals surface area contributed by atoms with E-state index in [-0.39, 0.29) is 5.75 Å². The van der Waals surface area contributed by atoms with E-state index in [0.717, 1.165) is 5.56 Å². The number of halogens is 1. The molecule has 13 heavy (non-hydrogen) atoms. The lowest BCUT2D eigenvalue weighted by molar-refractivity contribution is 0.402. The van der Waals surface area contributed by atoms with Gasteiger partial charge in [-0.2, -0.15) is 0 Å². The molecule has 0 heterocycles. The zero-order valence-corrected chi connectivity index (χ0v) is 8.97. The second kappa shape index (κ2) is 4.48. The molecule has 0 unspecified atom stereocenters. The molecule has 0 saturated heterocycles. The van der Waals surface area contributed by atoms with Crippen molar-refractivity contribution in [2.45, 2.75) is 6.42 Å². The average molecular weight is 246 g/mol. The highest BCUT2D eigenvalue weighted by atomic mass is 79.9. The van der Waals surface area contributed by atoms with Crippen molar-refractivity contribution in [2.75, 3.05) is 13.7 Å². The molecule has 1 aromatic rings. The number of benzene rings is 1. The van der Waals surface area contributed by atoms with Crippen LogP contribution in [0.2, 0.25) is 0 Å². The normalized spacial score (nSPS) is 10.1. The summed E-state index contributed by atoms with van der Waals surface area (Å²) in [6, 6.07) is 3.61. The third kappa shape index (κ3) is 2.14. The summed E-state index contributed by atoms with van der Waals surface area (Å²) in [5, 5.41) is 9.66. The molecule has 72 valence electrons. The Morgan fingerprint density at radius 1 is 1.54 bits per heavy atom. The number of phenolic OH excluding ortho intramolecular Hbond substituents is 1. The Kier molecular flexibility index (Phi) is 3.57. The van der Waals surface area contributed by atoms with Gasteiger partial charge in [-0.25, -0.2) is 0 Å². The summed E-state index contributed by atoms with van der Waals surface area (Å²) in [7, 11) is 1.56. The van der Waals surface area contributed by atoms with Gasteiger partial charge in [-0.3, -0.25) is 0 Å². The van der Waals surface area contributed by atoms with Crippen molar-refractivity contribution >= 4 is 15.9 Å². The molecule has 0 saturated carbocycles. The van der Waals surface area contributed by atoms with Crippen LogP contribution in [0.5, 0.6) is 11.5 Å². The Balaban J connectivity index is 3.07. The molecule has 1 aromatic carbocycles. The lowest BCUT2D eigenvalue weighted by atomic mass is 10.1. The van der Waals surface area contributed by atoms with Gasteiger partial charge in [-0.15, -0.1) is 0 Å². The van der Waals surface area contributed by atoms with E-state index >= 15 is 0 Å². The quantitative estimate of drug-likeness (QED) is 0.852. The maximum Gasteiger partial charge on any atom is 0.136 e. The predicted molar refractivity (Wildman–Crippen MR) is 55.1 cm³/mol. The summed E-state index contributed by atoms with van der Waals surface area (Å²) in [6.07, 6.45) is 0.661. The lowest BCUT2D eigenvalue weighted by Crippen LogP contribution is -2.03. The first-order chi connectivity index (χ1) is 6.20. The van der Waals surface area contributed by atoms with Crippen molar-refractivity contribution in [3.63, 3.8) is 0 Å². The van der Waals surface area contributed by atoms with E-state index in [0.29, 0.717) is 23.2 Å². The highest BCUT2D eigenvalue weighted by molar-refractivity contribution is 9.10. The van der Waals surface area contributed by atoms with E-state index in [2.05, 4.69) is 15.9 Å². The van der Waals surface area contributed by atoms with Crippen LogP contribution in [0.15, 0.2) is 16.6 Å². The summed E-state index contributed by atoms with van der Waals surface area (Å²) in [4.78, 5) is 0. The van der Waals surface area contributed by atoms with E-state index in [1.54, 1.807) is 13.2 Å². The van der Waals surface area contributed by atoms with E-state index in [4.69, 9.17) is 10.5 Å². The fraction of sp³-hybridized carbons (Fsp3) is 0.333. The van der Waals surface area contributed by atoms with Gasteiger partial charge in [-0.05, 0) is 40.5 Å². The van der Waals surface area contributed by atoms with Crippen LogP contribution >= 0.6 is 15.9 Å². The number of methoxy groups -OCH3 is 1. The van der Waals surface area contributed by atoms with Crippen LogP contribution in [0.4, 0.5) is 0 Å². The van der Waals surface area contributed by atoms with Crippen molar-refractivity contribution in [1.29, 1.82) is 0 Å². The second-order valence-corrected chi connectivity index (χ2v) is 3.42. The zero-order valence-electron chi connectivity index (χ0n) is 7.38. The van der Waals surface area contributed by atoms with Crippen LogP contribution in [-0.2, 0) is 6.42 Å². The molecule has 0 fully saturated rings. The molecule has 0 spiro atoms. The first-order valence-electron chi connectivity index (χ1n) is 3.95. The largest absolute Gasteiger partial charge is 0.506 e. The monoisotopic (exact) mass is 245 g/mol. The van der Waals surface area contributed by atoms with E-state index in [9.17, 15) is 5.11 Å². The summed E-state index contributed by atoms with van der Waals surface area (Å²) < 4.78 is 5.61. The van der Waals surface area contributed by atoms with Crippen molar-refractivity contribution in [2.24, 2.45) is 5.73 Å². The first-order valence-corrected chi connectivity index (χ1v) is 4.74. The molecule has 3 nitrogen and oxygen atoms in total. The van der Waals surface area contributed by atoms with E-state index in [1.165, 1.54) is 0 Å². The third-order valence-electron chi connectivity index (χ3n) is 1.80. The second-order valence-electron chi connectivity index (χ2n) is 2.63. The van der Waals surface area contributed by atoms with Gasteiger partial charge < -0.3 is 15.6 Å². The summed E-state index contributed by atoms with van der Waals surface area (Å²) in [5.74, 6) is 0.836. The number of phenols is 1. The van der Waals surface area contributed by atoms with Gasteiger partial charge >= 0.3 is 0 Å². The molecule has 0 aliphatic heterocycles. The minimum absolute atomic E-state index is 0.213. The van der Waals surface area contributed by atoms with Gasteiger partial charge in [0, 0.05) is 0 Å². The Morgan fingerprint density at radius 3 is 2.77 bits per heavy atom. The van der Waals surface area contributed by atoms with Crippen LogP contribution in [0, 0.1) is 0 Å². The van der Waals surface area contributed by atoms with Gasteiger partial charge in [-0.1, -0.05) is 6.07 Å². The van der Waals surface area contributed by atoms with Gasteiger partial charge in [0.05, 0.1) is 7.11 Å². The number of aromatic hydroxyl groups is 1. The standard InChI is InChI=1S/C9H12BrNO2/c1-13-7-3-2-6(4-5-11)9(12)8(7)10/h2-3,12H,4-5,11H2,1H3. The minimum atomic E-state index is 0.213. The lowest BCUT2D eigenvalue weighted by Gasteiger charge is -2.08. The molecule has 0 aliphatic carbocycles. The summed E-state index contributed by atoms with van der Waals surface area (Å²) >= 11 is 3.25. The van der Waals surface area contributed by atoms with E-state index in [1.807, 2.05) is 6.07 Å². The highest BCUT2D eigenvalue weighted by Crippen LogP contribution is 2.36. The molecule has 0 aliphatic rings. The van der Waals surface area contributed by atoms with Crippen LogP contribution in [0.3, 0.4) is 0 Å². The number of hydrogen-bond donors (Lipinski definition) is 2. The fourth-order valence-corrected chi connectivity index (χ4v) is 1.65. The minimum Gasteiger partial charge on any atom is -0.506 e. The molecule has 0 aromatic heterocycles. The van der Waals surface area contributed by atoms with E-state index < -0.39 is 0 Å². The number of nitrogens with two attached hydrogens (primary N) is 1. The molecular weight excluding hydrogens is 234 g/mol. The fourth-order valence-electron chi connectivity index (χ4n) is 1.10. The number of rotatable bonds is 3. The Hall–Kier alpha value is -0.740. The predicted octanol–water partition coefficient (Wildman–Crippen LogP) is 1.66. The first kappa shape index (κ1) is 10.3. The topological polar surface area (TPSA) is 55.5 Å². The summed E-state index contributed by atoms with van der Waals surface area (Å²) in [5.41, 5.74) is 6.22. The van der Waals surface area contributed by atoms with Crippen molar-refractivity contribution in [1.82, 2.24) is 0 Å². The average Bonchev–Trinajstić information content (AvgIpc) is 2.14. The van der Waals surface area contributed by atoms with Gasteiger partial charge in [0.1, 0.15) is 16.0 Å². The molecule has 0 radical (unpaired) electrons. The SMILES string of the molecule is COc1ccc(CCN)c(O)c1Br. The molecule has 4 heteroatoms. The zero-order chi connectivity index (χ0) is 9.84. The smallest absolute Gasteiger partial charge is 0.136 e. The van der Waals surface area contributed by atoms with Crippen LogP contribution in [-0.4, -0.2) is 18.8 Å². The highest BCUT2D eigenvalue weighted by Gasteiger charge is 2.09. The molecule has 1 rings (SSSR count). The Morgan fingerprint density at radius 2 is 2.23 bits per heavy atom. The Labute approximate surface area is 85.6 Å². The summed E-state index contributed by atoms with van der Waals surface area (Å²) in [6.45, 7) is 0.520. The number of hydrogen-bond acceptors (Lipinski definition) is 3. The van der Waals surface area contributed by atoms with Gasteiger partial charge in [0.15, 0.2) is 0 Å². The van der Waals surface area contributed by atoms with Crippen LogP contribution < -0.4 is 10.5 Å². The molecule has 0 amide bonds. The van der Waals surface area contributed by atoms with Crippen LogP contribution in [0.25, 0.3) is 0 Å².